The van der Waals surface area contributed by atoms with Crippen molar-refractivity contribution in [3.8, 4) is 6.07 Å². The molecule has 2 aromatic rings. The molecule has 2 rings (SSSR count). The lowest BCUT2D eigenvalue weighted by atomic mass is 9.96. The van der Waals surface area contributed by atoms with E-state index >= 15 is 0 Å². The molecule has 0 aromatic heterocycles. The van der Waals surface area contributed by atoms with Crippen LogP contribution in [0.1, 0.15) is 59.2 Å². The van der Waals surface area contributed by atoms with Gasteiger partial charge in [-0.15, -0.1) is 0 Å². The highest BCUT2D eigenvalue weighted by Gasteiger charge is 2.13. The van der Waals surface area contributed by atoms with Crippen LogP contribution in [0.5, 0.6) is 0 Å². The van der Waals surface area contributed by atoms with Gasteiger partial charge in [0.2, 0.25) is 0 Å². The lowest BCUT2D eigenvalue weighted by molar-refractivity contribution is 0.0695. The zero-order chi connectivity index (χ0) is 17.2. The molecular weight excluding hydrogens is 298 g/mol. The highest BCUT2D eigenvalue weighted by atomic mass is 16.4. The standard InChI is InChI=1S/C21H23NO2/c22-16-18-13-9-15-20(21(23)24)19(18)14-8-3-1-2-5-10-17-11-6-4-7-12-17/h4,6-7,9,11-13,15H,1-3,5,8,10,14H2,(H,23,24). The number of carboxylic acids is 1. The molecule has 2 aromatic carbocycles. The van der Waals surface area contributed by atoms with Crippen LogP contribution in [0.4, 0.5) is 0 Å². The Labute approximate surface area is 143 Å². The molecule has 0 amide bonds. The van der Waals surface area contributed by atoms with Crippen molar-refractivity contribution in [2.75, 3.05) is 0 Å². The van der Waals surface area contributed by atoms with E-state index in [2.05, 4.69) is 30.3 Å². The van der Waals surface area contributed by atoms with Gasteiger partial charge in [-0.25, -0.2) is 4.79 Å². The SMILES string of the molecule is N#Cc1cccc(C(=O)O)c1CCCCCCCc1ccccc1. The van der Waals surface area contributed by atoms with Gasteiger partial charge in [-0.05, 0) is 48.9 Å². The number of aryl methyl sites for hydroxylation is 1. The Balaban J connectivity index is 1.73. The first-order valence-electron chi connectivity index (χ1n) is 8.51. The van der Waals surface area contributed by atoms with Crippen LogP contribution < -0.4 is 0 Å². The van der Waals surface area contributed by atoms with E-state index in [0.717, 1.165) is 25.7 Å². The van der Waals surface area contributed by atoms with E-state index in [1.54, 1.807) is 18.2 Å². The zero-order valence-electron chi connectivity index (χ0n) is 13.9. The third-order valence-corrected chi connectivity index (χ3v) is 4.26. The largest absolute Gasteiger partial charge is 0.478 e. The Bertz CT molecular complexity index is 702. The van der Waals surface area contributed by atoms with Gasteiger partial charge in [-0.3, -0.25) is 0 Å². The first kappa shape index (κ1) is 17.7. The summed E-state index contributed by atoms with van der Waals surface area (Å²) in [5.74, 6) is -0.954. The minimum atomic E-state index is -0.954. The van der Waals surface area contributed by atoms with Crippen LogP contribution in [0.15, 0.2) is 48.5 Å². The van der Waals surface area contributed by atoms with Gasteiger partial charge in [-0.1, -0.05) is 55.7 Å². The Hall–Kier alpha value is -2.60. The summed E-state index contributed by atoms with van der Waals surface area (Å²) >= 11 is 0. The topological polar surface area (TPSA) is 61.1 Å². The van der Waals surface area contributed by atoms with Gasteiger partial charge in [0.25, 0.3) is 0 Å². The predicted octanol–water partition coefficient (Wildman–Crippen LogP) is 4.99. The number of carbonyl (C=O) groups is 1. The molecule has 0 radical (unpaired) electrons. The summed E-state index contributed by atoms with van der Waals surface area (Å²) in [4.78, 5) is 11.3. The molecule has 0 spiro atoms. The minimum absolute atomic E-state index is 0.262. The molecule has 0 saturated heterocycles. The van der Waals surface area contributed by atoms with E-state index in [1.807, 2.05) is 6.07 Å². The molecule has 0 unspecified atom stereocenters. The minimum Gasteiger partial charge on any atom is -0.478 e. The van der Waals surface area contributed by atoms with Crippen LogP contribution in [0.2, 0.25) is 0 Å². The molecule has 3 heteroatoms. The van der Waals surface area contributed by atoms with Crippen LogP contribution >= 0.6 is 0 Å². The van der Waals surface area contributed by atoms with Crippen molar-refractivity contribution in [3.05, 3.63) is 70.8 Å². The number of rotatable bonds is 9. The van der Waals surface area contributed by atoms with Crippen LogP contribution in [0, 0.1) is 11.3 Å². The molecule has 0 bridgehead atoms. The maximum atomic E-state index is 11.3. The molecule has 3 nitrogen and oxygen atoms in total. The summed E-state index contributed by atoms with van der Waals surface area (Å²) in [6.45, 7) is 0. The van der Waals surface area contributed by atoms with E-state index in [9.17, 15) is 9.90 Å². The first-order valence-corrected chi connectivity index (χ1v) is 8.51. The Morgan fingerprint density at radius 1 is 0.875 bits per heavy atom. The third kappa shape index (κ3) is 5.24. The molecule has 124 valence electrons. The molecule has 0 saturated carbocycles. The lowest BCUT2D eigenvalue weighted by Crippen LogP contribution is -2.05. The Morgan fingerprint density at radius 3 is 2.21 bits per heavy atom. The van der Waals surface area contributed by atoms with E-state index in [-0.39, 0.29) is 5.56 Å². The fourth-order valence-corrected chi connectivity index (χ4v) is 2.97. The van der Waals surface area contributed by atoms with Crippen molar-refractivity contribution < 1.29 is 9.90 Å². The molecule has 0 aliphatic heterocycles. The molecule has 1 N–H and O–H groups in total. The second-order valence-electron chi connectivity index (χ2n) is 6.00. The van der Waals surface area contributed by atoms with Crippen molar-refractivity contribution in [1.82, 2.24) is 0 Å². The number of hydrogen-bond donors (Lipinski definition) is 1. The number of carboxylic acid groups (broad SMARTS) is 1. The fraction of sp³-hybridized carbons (Fsp3) is 0.333. The number of aromatic carboxylic acids is 1. The van der Waals surface area contributed by atoms with Crippen LogP contribution in [-0.4, -0.2) is 11.1 Å². The Morgan fingerprint density at radius 2 is 1.54 bits per heavy atom. The van der Waals surface area contributed by atoms with Crippen LogP contribution in [0.25, 0.3) is 0 Å². The van der Waals surface area contributed by atoms with Crippen molar-refractivity contribution in [1.29, 1.82) is 5.26 Å². The number of benzene rings is 2. The van der Waals surface area contributed by atoms with E-state index in [0.29, 0.717) is 17.5 Å². The summed E-state index contributed by atoms with van der Waals surface area (Å²) in [5.41, 5.74) is 2.81. The second-order valence-corrected chi connectivity index (χ2v) is 6.00. The maximum absolute atomic E-state index is 11.3. The summed E-state index contributed by atoms with van der Waals surface area (Å²) in [6.07, 6.45) is 7.26. The van der Waals surface area contributed by atoms with Crippen molar-refractivity contribution >= 4 is 5.97 Å². The molecule has 0 aliphatic rings. The quantitative estimate of drug-likeness (QED) is 0.662. The van der Waals surface area contributed by atoms with Gasteiger partial charge in [0.05, 0.1) is 17.2 Å². The fourth-order valence-electron chi connectivity index (χ4n) is 2.97. The average molecular weight is 321 g/mol. The average Bonchev–Trinajstić information content (AvgIpc) is 2.61. The smallest absolute Gasteiger partial charge is 0.336 e. The highest BCUT2D eigenvalue weighted by Crippen LogP contribution is 2.18. The lowest BCUT2D eigenvalue weighted by Gasteiger charge is -2.08. The van der Waals surface area contributed by atoms with E-state index in [1.165, 1.54) is 18.4 Å². The molecule has 0 atom stereocenters. The highest BCUT2D eigenvalue weighted by molar-refractivity contribution is 5.90. The van der Waals surface area contributed by atoms with Crippen LogP contribution in [0.3, 0.4) is 0 Å². The number of nitrogens with zero attached hydrogens (tertiary/aromatic N) is 1. The maximum Gasteiger partial charge on any atom is 0.336 e. The van der Waals surface area contributed by atoms with E-state index in [4.69, 9.17) is 5.26 Å². The summed E-state index contributed by atoms with van der Waals surface area (Å²) < 4.78 is 0. The third-order valence-electron chi connectivity index (χ3n) is 4.26. The first-order chi connectivity index (χ1) is 11.7. The van der Waals surface area contributed by atoms with E-state index < -0.39 is 5.97 Å². The monoisotopic (exact) mass is 321 g/mol. The van der Waals surface area contributed by atoms with Gasteiger partial charge < -0.3 is 5.11 Å². The van der Waals surface area contributed by atoms with Gasteiger partial charge >= 0.3 is 5.97 Å². The van der Waals surface area contributed by atoms with Gasteiger partial charge in [0, 0.05) is 0 Å². The van der Waals surface area contributed by atoms with Crippen molar-refractivity contribution in [3.63, 3.8) is 0 Å². The van der Waals surface area contributed by atoms with Gasteiger partial charge in [0.1, 0.15) is 0 Å². The predicted molar refractivity (Wildman–Crippen MR) is 95.1 cm³/mol. The second kappa shape index (κ2) is 9.52. The van der Waals surface area contributed by atoms with Gasteiger partial charge in [0.15, 0.2) is 0 Å². The summed E-state index contributed by atoms with van der Waals surface area (Å²) in [7, 11) is 0. The normalized spacial score (nSPS) is 10.3. The number of hydrogen-bond acceptors (Lipinski definition) is 2. The molecule has 0 heterocycles. The molecule has 0 fully saturated rings. The van der Waals surface area contributed by atoms with Crippen molar-refractivity contribution in [2.45, 2.75) is 44.9 Å². The van der Waals surface area contributed by atoms with Gasteiger partial charge in [-0.2, -0.15) is 5.26 Å². The van der Waals surface area contributed by atoms with Crippen molar-refractivity contribution in [2.24, 2.45) is 0 Å². The zero-order valence-corrected chi connectivity index (χ0v) is 13.9. The number of nitriles is 1. The molecule has 24 heavy (non-hydrogen) atoms. The Kier molecular flexibility index (Phi) is 7.04. The summed E-state index contributed by atoms with van der Waals surface area (Å²) in [5, 5.41) is 18.4. The summed E-state index contributed by atoms with van der Waals surface area (Å²) in [6, 6.07) is 17.5. The molecule has 0 aliphatic carbocycles. The van der Waals surface area contributed by atoms with Crippen LogP contribution in [-0.2, 0) is 12.8 Å². The number of unbranched alkanes of at least 4 members (excludes halogenated alkanes) is 4. The molecular formula is C21H23NO2.